The zero-order chi connectivity index (χ0) is 14.4. The molecular weight excluding hydrogens is 238 g/mol. The Hall–Kier alpha value is -0.640. The van der Waals surface area contributed by atoms with E-state index in [1.807, 2.05) is 12.2 Å². The molecule has 1 N–H and O–H groups in total. The van der Waals surface area contributed by atoms with Crippen LogP contribution >= 0.6 is 0 Å². The van der Waals surface area contributed by atoms with Crippen LogP contribution in [0, 0.1) is 5.41 Å². The van der Waals surface area contributed by atoms with Crippen molar-refractivity contribution in [2.75, 3.05) is 40.0 Å². The van der Waals surface area contributed by atoms with Gasteiger partial charge in [-0.05, 0) is 24.7 Å². The van der Waals surface area contributed by atoms with Crippen molar-refractivity contribution in [1.29, 1.82) is 0 Å². The standard InChI is InChI=1S/C16H31NO2/c1-5-8-16(9-6-2,10-7-3)15-17-11-12-19-14-13-18-4/h5-6,17H,1-2,7-15H2,3-4H3. The van der Waals surface area contributed by atoms with Gasteiger partial charge in [0.05, 0.1) is 19.8 Å². The molecule has 0 aromatic heterocycles. The molecule has 0 spiro atoms. The molecule has 19 heavy (non-hydrogen) atoms. The van der Waals surface area contributed by atoms with Crippen molar-refractivity contribution in [3.8, 4) is 0 Å². The SMILES string of the molecule is C=CCC(CC=C)(CCC)CNCCOCCOC. The highest BCUT2D eigenvalue weighted by Gasteiger charge is 2.25. The second-order valence-corrected chi connectivity index (χ2v) is 5.02. The molecule has 0 aliphatic heterocycles. The van der Waals surface area contributed by atoms with Gasteiger partial charge in [0.15, 0.2) is 0 Å². The fourth-order valence-corrected chi connectivity index (χ4v) is 2.41. The van der Waals surface area contributed by atoms with Gasteiger partial charge in [0.2, 0.25) is 0 Å². The summed E-state index contributed by atoms with van der Waals surface area (Å²) in [5.41, 5.74) is 0.269. The minimum Gasteiger partial charge on any atom is -0.382 e. The maximum atomic E-state index is 5.44. The first kappa shape index (κ1) is 18.4. The predicted molar refractivity (Wildman–Crippen MR) is 82.5 cm³/mol. The third kappa shape index (κ3) is 8.98. The lowest BCUT2D eigenvalue weighted by atomic mass is 9.77. The van der Waals surface area contributed by atoms with E-state index >= 15 is 0 Å². The van der Waals surface area contributed by atoms with Crippen LogP contribution in [-0.4, -0.2) is 40.0 Å². The molecule has 0 aliphatic carbocycles. The second-order valence-electron chi connectivity index (χ2n) is 5.02. The van der Waals surface area contributed by atoms with Crippen molar-refractivity contribution in [2.45, 2.75) is 32.6 Å². The van der Waals surface area contributed by atoms with Gasteiger partial charge in [-0.3, -0.25) is 0 Å². The van der Waals surface area contributed by atoms with E-state index in [4.69, 9.17) is 9.47 Å². The molecule has 0 fully saturated rings. The summed E-state index contributed by atoms with van der Waals surface area (Å²) in [6.07, 6.45) is 8.50. The van der Waals surface area contributed by atoms with E-state index in [1.165, 1.54) is 12.8 Å². The zero-order valence-corrected chi connectivity index (χ0v) is 12.7. The average Bonchev–Trinajstić information content (AvgIpc) is 2.39. The molecule has 0 aromatic rings. The Balaban J connectivity index is 3.96. The quantitative estimate of drug-likeness (QED) is 0.388. The maximum Gasteiger partial charge on any atom is 0.0700 e. The van der Waals surface area contributed by atoms with Gasteiger partial charge >= 0.3 is 0 Å². The predicted octanol–water partition coefficient (Wildman–Crippen LogP) is 3.18. The van der Waals surface area contributed by atoms with E-state index in [0.717, 1.165) is 32.5 Å². The lowest BCUT2D eigenvalue weighted by molar-refractivity contribution is 0.0706. The van der Waals surface area contributed by atoms with Crippen LogP contribution in [0.3, 0.4) is 0 Å². The lowest BCUT2D eigenvalue weighted by Crippen LogP contribution is -2.35. The summed E-state index contributed by atoms with van der Waals surface area (Å²) in [5, 5.41) is 3.50. The van der Waals surface area contributed by atoms with Gasteiger partial charge in [-0.1, -0.05) is 25.5 Å². The van der Waals surface area contributed by atoms with E-state index in [-0.39, 0.29) is 5.41 Å². The van der Waals surface area contributed by atoms with Gasteiger partial charge in [0, 0.05) is 20.2 Å². The topological polar surface area (TPSA) is 30.5 Å². The Morgan fingerprint density at radius 2 is 1.79 bits per heavy atom. The number of hydrogen-bond donors (Lipinski definition) is 1. The molecule has 0 aromatic carbocycles. The number of rotatable bonds is 14. The molecule has 0 unspecified atom stereocenters. The minimum atomic E-state index is 0.269. The van der Waals surface area contributed by atoms with E-state index in [2.05, 4.69) is 25.4 Å². The van der Waals surface area contributed by atoms with Crippen LogP contribution in [0.25, 0.3) is 0 Å². The molecule has 0 rings (SSSR count). The van der Waals surface area contributed by atoms with E-state index in [9.17, 15) is 0 Å². The van der Waals surface area contributed by atoms with Crippen LogP contribution in [0.4, 0.5) is 0 Å². The molecule has 0 heterocycles. The van der Waals surface area contributed by atoms with Gasteiger partial charge < -0.3 is 14.8 Å². The van der Waals surface area contributed by atoms with Crippen LogP contribution in [0.1, 0.15) is 32.6 Å². The number of ether oxygens (including phenoxy) is 2. The normalized spacial score (nSPS) is 11.5. The Bertz CT molecular complexity index is 219. The fourth-order valence-electron chi connectivity index (χ4n) is 2.41. The Morgan fingerprint density at radius 3 is 2.32 bits per heavy atom. The zero-order valence-electron chi connectivity index (χ0n) is 12.7. The maximum absolute atomic E-state index is 5.44. The van der Waals surface area contributed by atoms with Crippen molar-refractivity contribution >= 4 is 0 Å². The van der Waals surface area contributed by atoms with Gasteiger partial charge in [-0.25, -0.2) is 0 Å². The third-order valence-corrected chi connectivity index (χ3v) is 3.29. The molecule has 0 aliphatic rings. The summed E-state index contributed by atoms with van der Waals surface area (Å²) >= 11 is 0. The highest BCUT2D eigenvalue weighted by Crippen LogP contribution is 2.32. The molecule has 0 amide bonds. The van der Waals surface area contributed by atoms with Crippen molar-refractivity contribution in [3.63, 3.8) is 0 Å². The van der Waals surface area contributed by atoms with Crippen molar-refractivity contribution in [2.24, 2.45) is 5.41 Å². The summed E-state index contributed by atoms with van der Waals surface area (Å²) in [5.74, 6) is 0. The largest absolute Gasteiger partial charge is 0.382 e. The van der Waals surface area contributed by atoms with Crippen LogP contribution in [0.15, 0.2) is 25.3 Å². The molecule has 0 atom stereocenters. The molecule has 0 saturated carbocycles. The molecule has 0 saturated heterocycles. The highest BCUT2D eigenvalue weighted by molar-refractivity contribution is 4.92. The number of hydrogen-bond acceptors (Lipinski definition) is 3. The molecular formula is C16H31NO2. The van der Waals surface area contributed by atoms with E-state index in [1.54, 1.807) is 7.11 Å². The Labute approximate surface area is 119 Å². The lowest BCUT2D eigenvalue weighted by Gasteiger charge is -2.32. The third-order valence-electron chi connectivity index (χ3n) is 3.29. The monoisotopic (exact) mass is 269 g/mol. The smallest absolute Gasteiger partial charge is 0.0700 e. The van der Waals surface area contributed by atoms with Gasteiger partial charge in [0.25, 0.3) is 0 Å². The van der Waals surface area contributed by atoms with Crippen LogP contribution < -0.4 is 5.32 Å². The molecule has 3 heteroatoms. The molecule has 0 radical (unpaired) electrons. The average molecular weight is 269 g/mol. The number of methoxy groups -OCH3 is 1. The fraction of sp³-hybridized carbons (Fsp3) is 0.750. The number of nitrogens with one attached hydrogen (secondary N) is 1. The summed E-state index contributed by atoms with van der Waals surface area (Å²) in [7, 11) is 1.69. The minimum absolute atomic E-state index is 0.269. The molecule has 112 valence electrons. The first-order valence-electron chi connectivity index (χ1n) is 7.24. The van der Waals surface area contributed by atoms with Crippen molar-refractivity contribution < 1.29 is 9.47 Å². The summed E-state index contributed by atoms with van der Waals surface area (Å²) < 4.78 is 10.4. The molecule has 3 nitrogen and oxygen atoms in total. The van der Waals surface area contributed by atoms with Crippen molar-refractivity contribution in [1.82, 2.24) is 5.32 Å². The van der Waals surface area contributed by atoms with Crippen LogP contribution in [0.5, 0.6) is 0 Å². The van der Waals surface area contributed by atoms with E-state index < -0.39 is 0 Å². The van der Waals surface area contributed by atoms with E-state index in [0.29, 0.717) is 13.2 Å². The summed E-state index contributed by atoms with van der Waals surface area (Å²) in [4.78, 5) is 0. The summed E-state index contributed by atoms with van der Waals surface area (Å²) in [6.45, 7) is 13.9. The van der Waals surface area contributed by atoms with Crippen LogP contribution in [-0.2, 0) is 9.47 Å². The Morgan fingerprint density at radius 1 is 1.11 bits per heavy atom. The van der Waals surface area contributed by atoms with Crippen LogP contribution in [0.2, 0.25) is 0 Å². The first-order chi connectivity index (χ1) is 9.24. The van der Waals surface area contributed by atoms with Gasteiger partial charge in [0.1, 0.15) is 0 Å². The molecule has 0 bridgehead atoms. The second kappa shape index (κ2) is 12.4. The Kier molecular flexibility index (Phi) is 12.0. The number of allylic oxidation sites excluding steroid dienone is 2. The highest BCUT2D eigenvalue weighted by atomic mass is 16.5. The summed E-state index contributed by atoms with van der Waals surface area (Å²) in [6, 6.07) is 0. The van der Waals surface area contributed by atoms with Crippen molar-refractivity contribution in [3.05, 3.63) is 25.3 Å². The van der Waals surface area contributed by atoms with Gasteiger partial charge in [-0.2, -0.15) is 0 Å². The van der Waals surface area contributed by atoms with Gasteiger partial charge in [-0.15, -0.1) is 13.2 Å². The first-order valence-corrected chi connectivity index (χ1v) is 7.24.